The van der Waals surface area contributed by atoms with Gasteiger partial charge in [-0.25, -0.2) is 8.42 Å². The second-order valence-corrected chi connectivity index (χ2v) is 5.66. The van der Waals surface area contributed by atoms with E-state index in [9.17, 15) is 13.0 Å². The molecule has 0 aliphatic heterocycles. The number of hydrogen-bond acceptors (Lipinski definition) is 4. The van der Waals surface area contributed by atoms with E-state index in [4.69, 9.17) is 5.11 Å². The second kappa shape index (κ2) is 7.36. The molecule has 0 radical (unpaired) electrons. The van der Waals surface area contributed by atoms with E-state index in [1.54, 1.807) is 24.3 Å². The summed E-state index contributed by atoms with van der Waals surface area (Å²) >= 11 is 0. The van der Waals surface area contributed by atoms with E-state index in [-0.39, 0.29) is 36.2 Å². The predicted molar refractivity (Wildman–Crippen MR) is 71.2 cm³/mol. The molecule has 6 heteroatoms. The van der Waals surface area contributed by atoms with E-state index in [1.165, 1.54) is 0 Å². The Morgan fingerprint density at radius 1 is 0.950 bits per heavy atom. The summed E-state index contributed by atoms with van der Waals surface area (Å²) in [6.45, 7) is -0.0531. The van der Waals surface area contributed by atoms with Crippen molar-refractivity contribution in [1.82, 2.24) is 0 Å². The second-order valence-electron chi connectivity index (χ2n) is 4.26. The molecule has 0 atom stereocenters. The first-order chi connectivity index (χ1) is 8.98. The number of aliphatic hydroxyl groups is 1. The summed E-state index contributed by atoms with van der Waals surface area (Å²) in [6.07, 6.45) is 0. The van der Waals surface area contributed by atoms with Crippen LogP contribution in [-0.2, 0) is 22.5 Å². The van der Waals surface area contributed by atoms with Crippen LogP contribution in [0, 0.1) is 0 Å². The first kappa shape index (κ1) is 17.4. The van der Waals surface area contributed by atoms with Crippen LogP contribution < -0.4 is 29.6 Å². The SMILES string of the molecule is O=S(=O)([O-])Cc1cccc(-c2cccc(CO)c2)c1.[Na+]. The molecule has 0 heterocycles. The molecule has 20 heavy (non-hydrogen) atoms. The van der Waals surface area contributed by atoms with Crippen molar-refractivity contribution in [3.05, 3.63) is 59.7 Å². The van der Waals surface area contributed by atoms with Crippen molar-refractivity contribution >= 4 is 10.1 Å². The molecule has 0 saturated heterocycles. The molecule has 2 rings (SSSR count). The van der Waals surface area contributed by atoms with Gasteiger partial charge in [0.25, 0.3) is 0 Å². The van der Waals surface area contributed by atoms with Crippen LogP contribution in [0.1, 0.15) is 11.1 Å². The van der Waals surface area contributed by atoms with Crippen molar-refractivity contribution < 1.29 is 47.6 Å². The normalized spacial score (nSPS) is 10.9. The molecule has 0 unspecified atom stereocenters. The van der Waals surface area contributed by atoms with Gasteiger partial charge >= 0.3 is 29.6 Å². The molecule has 2 aromatic carbocycles. The van der Waals surface area contributed by atoms with Crippen LogP contribution in [0.5, 0.6) is 0 Å². The molecule has 0 saturated carbocycles. The van der Waals surface area contributed by atoms with E-state index in [0.29, 0.717) is 5.56 Å². The zero-order valence-electron chi connectivity index (χ0n) is 11.1. The van der Waals surface area contributed by atoms with Gasteiger partial charge in [-0.2, -0.15) is 0 Å². The summed E-state index contributed by atoms with van der Waals surface area (Å²) in [5.74, 6) is -0.513. The largest absolute Gasteiger partial charge is 1.00 e. The Kier molecular flexibility index (Phi) is 6.39. The molecule has 4 nitrogen and oxygen atoms in total. The van der Waals surface area contributed by atoms with Crippen molar-refractivity contribution in [2.24, 2.45) is 0 Å². The van der Waals surface area contributed by atoms with Gasteiger partial charge in [-0.15, -0.1) is 0 Å². The Balaban J connectivity index is 0.00000200. The molecule has 0 aliphatic rings. The molecular weight excluding hydrogens is 287 g/mol. The van der Waals surface area contributed by atoms with Crippen molar-refractivity contribution in [2.75, 3.05) is 0 Å². The number of benzene rings is 2. The van der Waals surface area contributed by atoms with Crippen molar-refractivity contribution in [3.63, 3.8) is 0 Å². The summed E-state index contributed by atoms with van der Waals surface area (Å²) in [5, 5.41) is 9.10. The van der Waals surface area contributed by atoms with Crippen LogP contribution in [0.15, 0.2) is 48.5 Å². The third kappa shape index (κ3) is 5.01. The van der Waals surface area contributed by atoms with E-state index in [2.05, 4.69) is 0 Å². The summed E-state index contributed by atoms with van der Waals surface area (Å²) in [5.41, 5.74) is 2.93. The minimum absolute atomic E-state index is 0. The number of aliphatic hydroxyl groups excluding tert-OH is 1. The summed E-state index contributed by atoms with van der Waals surface area (Å²) in [6, 6.07) is 14.1. The fourth-order valence-electron chi connectivity index (χ4n) is 1.89. The molecule has 0 spiro atoms. The molecule has 100 valence electrons. The van der Waals surface area contributed by atoms with Crippen LogP contribution in [0.4, 0.5) is 0 Å². The van der Waals surface area contributed by atoms with E-state index < -0.39 is 15.9 Å². The van der Waals surface area contributed by atoms with Crippen LogP contribution in [0.2, 0.25) is 0 Å². The Hall–Kier alpha value is -0.690. The van der Waals surface area contributed by atoms with E-state index in [1.807, 2.05) is 24.3 Å². The molecule has 0 bridgehead atoms. The quantitative estimate of drug-likeness (QED) is 0.574. The summed E-state index contributed by atoms with van der Waals surface area (Å²) in [4.78, 5) is 0. The van der Waals surface area contributed by atoms with Gasteiger partial charge in [-0.3, -0.25) is 0 Å². The Bertz CT molecular complexity index is 683. The zero-order chi connectivity index (χ0) is 13.9. The molecule has 1 N–H and O–H groups in total. The van der Waals surface area contributed by atoms with Crippen LogP contribution in [-0.4, -0.2) is 18.1 Å². The maximum Gasteiger partial charge on any atom is 1.00 e. The van der Waals surface area contributed by atoms with E-state index >= 15 is 0 Å². The molecule has 2 aromatic rings. The summed E-state index contributed by atoms with van der Waals surface area (Å²) < 4.78 is 32.3. The molecule has 0 amide bonds. The first-order valence-corrected chi connectivity index (χ1v) is 7.28. The smallest absolute Gasteiger partial charge is 0.748 e. The Morgan fingerprint density at radius 2 is 1.45 bits per heavy atom. The predicted octanol–water partition coefficient (Wildman–Crippen LogP) is -1.10. The first-order valence-electron chi connectivity index (χ1n) is 5.70. The topological polar surface area (TPSA) is 77.4 Å². The standard InChI is InChI=1S/C14H14O4S.Na/c15-9-11-3-1-5-13(7-11)14-6-2-4-12(8-14)10-19(16,17)18;/h1-8,15H,9-10H2,(H,16,17,18);/q;+1/p-1. The summed E-state index contributed by atoms with van der Waals surface area (Å²) in [7, 11) is -4.28. The van der Waals surface area contributed by atoms with Gasteiger partial charge in [-0.1, -0.05) is 42.5 Å². The average Bonchev–Trinajstić information content (AvgIpc) is 2.37. The number of rotatable bonds is 4. The van der Waals surface area contributed by atoms with Crippen molar-refractivity contribution in [2.45, 2.75) is 12.4 Å². The maximum absolute atomic E-state index is 10.8. The van der Waals surface area contributed by atoms with E-state index in [0.717, 1.165) is 16.7 Å². The third-order valence-electron chi connectivity index (χ3n) is 2.71. The molecule has 0 fully saturated rings. The van der Waals surface area contributed by atoms with Crippen molar-refractivity contribution in [1.29, 1.82) is 0 Å². The van der Waals surface area contributed by atoms with Gasteiger partial charge < -0.3 is 9.66 Å². The molecule has 0 aromatic heterocycles. The molecule has 0 aliphatic carbocycles. The Morgan fingerprint density at radius 3 is 1.95 bits per heavy atom. The van der Waals surface area contributed by atoms with Gasteiger partial charge in [-0.05, 0) is 28.3 Å². The van der Waals surface area contributed by atoms with Gasteiger partial charge in [0, 0.05) is 0 Å². The van der Waals surface area contributed by atoms with Gasteiger partial charge in [0.15, 0.2) is 0 Å². The van der Waals surface area contributed by atoms with Crippen LogP contribution >= 0.6 is 0 Å². The molecular formula is C14H13NaO4S. The number of hydrogen-bond donors (Lipinski definition) is 1. The zero-order valence-corrected chi connectivity index (χ0v) is 13.9. The minimum atomic E-state index is -4.28. The Labute approximate surface area is 140 Å². The fourth-order valence-corrected chi connectivity index (χ4v) is 2.48. The van der Waals surface area contributed by atoms with Gasteiger partial charge in [0.05, 0.1) is 22.5 Å². The van der Waals surface area contributed by atoms with Gasteiger partial charge in [0.2, 0.25) is 0 Å². The maximum atomic E-state index is 10.8. The van der Waals surface area contributed by atoms with Crippen LogP contribution in [0.3, 0.4) is 0 Å². The van der Waals surface area contributed by atoms with Gasteiger partial charge in [0.1, 0.15) is 0 Å². The van der Waals surface area contributed by atoms with Crippen LogP contribution in [0.25, 0.3) is 11.1 Å². The fraction of sp³-hybridized carbons (Fsp3) is 0.143. The third-order valence-corrected chi connectivity index (χ3v) is 3.40. The monoisotopic (exact) mass is 300 g/mol. The van der Waals surface area contributed by atoms with Crippen molar-refractivity contribution in [3.8, 4) is 11.1 Å². The minimum Gasteiger partial charge on any atom is -0.748 e. The average molecular weight is 300 g/mol.